The summed E-state index contributed by atoms with van der Waals surface area (Å²) in [5, 5.41) is 0. The fourth-order valence-electron chi connectivity index (χ4n) is 1.93. The van der Waals surface area contributed by atoms with Gasteiger partial charge in [-0.3, -0.25) is 9.69 Å². The van der Waals surface area contributed by atoms with Crippen LogP contribution in [0.4, 0.5) is 5.69 Å². The summed E-state index contributed by atoms with van der Waals surface area (Å²) in [6, 6.07) is 7.35. The number of nitrogen functional groups attached to an aromatic ring is 1. The summed E-state index contributed by atoms with van der Waals surface area (Å²) in [5.74, 6) is -0.340. The standard InChI is InChI=1S/C13H21N3O3S/c1-20(18,19)7-3-6-16(10-13(15)17)9-11-4-2-5-12(14)8-11/h2,4-5,8H,3,6-7,9-10,14H2,1H3,(H2,15,17). The lowest BCUT2D eigenvalue weighted by atomic mass is 10.2. The Labute approximate surface area is 119 Å². The van der Waals surface area contributed by atoms with Gasteiger partial charge in [-0.2, -0.15) is 0 Å². The Kier molecular flexibility index (Phi) is 5.97. The van der Waals surface area contributed by atoms with E-state index >= 15 is 0 Å². The molecule has 4 N–H and O–H groups in total. The Hall–Kier alpha value is -1.60. The predicted octanol–water partition coefficient (Wildman–Crippen LogP) is -0.00920. The molecule has 0 radical (unpaired) electrons. The Bertz CT molecular complexity index is 558. The van der Waals surface area contributed by atoms with Crippen molar-refractivity contribution in [3.63, 3.8) is 0 Å². The van der Waals surface area contributed by atoms with Gasteiger partial charge in [0, 0.05) is 18.5 Å². The maximum absolute atomic E-state index is 11.1. The van der Waals surface area contributed by atoms with Crippen molar-refractivity contribution in [3.8, 4) is 0 Å². The van der Waals surface area contributed by atoms with Gasteiger partial charge in [-0.15, -0.1) is 0 Å². The van der Waals surface area contributed by atoms with E-state index in [1.54, 1.807) is 6.07 Å². The lowest BCUT2D eigenvalue weighted by molar-refractivity contribution is -0.119. The zero-order valence-electron chi connectivity index (χ0n) is 11.6. The number of nitrogens with zero attached hydrogens (tertiary/aromatic N) is 1. The van der Waals surface area contributed by atoms with Gasteiger partial charge in [-0.1, -0.05) is 12.1 Å². The predicted molar refractivity (Wildman–Crippen MR) is 79.7 cm³/mol. The molecule has 0 bridgehead atoms. The average Bonchev–Trinajstić information content (AvgIpc) is 2.26. The topological polar surface area (TPSA) is 106 Å². The van der Waals surface area contributed by atoms with Crippen LogP contribution in [-0.2, 0) is 21.2 Å². The normalized spacial score (nSPS) is 11.7. The molecule has 0 spiro atoms. The molecule has 0 fully saturated rings. The van der Waals surface area contributed by atoms with Crippen LogP contribution in [0.3, 0.4) is 0 Å². The van der Waals surface area contributed by atoms with Gasteiger partial charge in [0.1, 0.15) is 9.84 Å². The second-order valence-electron chi connectivity index (χ2n) is 4.91. The molecule has 1 rings (SSSR count). The van der Waals surface area contributed by atoms with Crippen LogP contribution in [0.2, 0.25) is 0 Å². The van der Waals surface area contributed by atoms with Gasteiger partial charge >= 0.3 is 0 Å². The van der Waals surface area contributed by atoms with Gasteiger partial charge in [0.05, 0.1) is 12.3 Å². The molecule has 6 nitrogen and oxygen atoms in total. The van der Waals surface area contributed by atoms with Gasteiger partial charge in [-0.25, -0.2) is 8.42 Å². The van der Waals surface area contributed by atoms with Crippen molar-refractivity contribution in [1.29, 1.82) is 0 Å². The fourth-order valence-corrected chi connectivity index (χ4v) is 2.59. The lowest BCUT2D eigenvalue weighted by Crippen LogP contribution is -2.34. The summed E-state index contributed by atoms with van der Waals surface area (Å²) in [7, 11) is -2.99. The number of hydrogen-bond donors (Lipinski definition) is 2. The van der Waals surface area contributed by atoms with Crippen LogP contribution >= 0.6 is 0 Å². The van der Waals surface area contributed by atoms with Crippen LogP contribution in [0.5, 0.6) is 0 Å². The Balaban J connectivity index is 2.62. The zero-order chi connectivity index (χ0) is 15.2. The molecule has 0 aromatic heterocycles. The van der Waals surface area contributed by atoms with Gasteiger partial charge in [0.15, 0.2) is 0 Å². The smallest absolute Gasteiger partial charge is 0.231 e. The fraction of sp³-hybridized carbons (Fsp3) is 0.462. The number of hydrogen-bond acceptors (Lipinski definition) is 5. The molecule has 0 heterocycles. The van der Waals surface area contributed by atoms with Crippen molar-refractivity contribution < 1.29 is 13.2 Å². The van der Waals surface area contributed by atoms with Crippen LogP contribution < -0.4 is 11.5 Å². The number of sulfone groups is 1. The minimum absolute atomic E-state index is 0.0958. The molecule has 1 aromatic rings. The number of nitrogens with two attached hydrogens (primary N) is 2. The van der Waals surface area contributed by atoms with E-state index in [0.29, 0.717) is 25.2 Å². The van der Waals surface area contributed by atoms with Crippen LogP contribution in [-0.4, -0.2) is 44.3 Å². The number of benzene rings is 1. The first-order valence-corrected chi connectivity index (χ1v) is 8.35. The summed E-state index contributed by atoms with van der Waals surface area (Å²) in [6.45, 7) is 1.10. The van der Waals surface area contributed by atoms with Gasteiger partial charge in [0.25, 0.3) is 0 Å². The number of carbonyl (C=O) groups is 1. The van der Waals surface area contributed by atoms with Crippen molar-refractivity contribution in [3.05, 3.63) is 29.8 Å². The first-order chi connectivity index (χ1) is 9.26. The van der Waals surface area contributed by atoms with Gasteiger partial charge in [-0.05, 0) is 30.7 Å². The van der Waals surface area contributed by atoms with Crippen LogP contribution in [0.25, 0.3) is 0 Å². The van der Waals surface area contributed by atoms with Gasteiger partial charge < -0.3 is 11.5 Å². The number of anilines is 1. The molecule has 0 saturated carbocycles. The molecule has 0 aliphatic rings. The molecule has 0 unspecified atom stereocenters. The Morgan fingerprint density at radius 3 is 2.60 bits per heavy atom. The van der Waals surface area contributed by atoms with Crippen molar-refractivity contribution in [1.82, 2.24) is 4.90 Å². The van der Waals surface area contributed by atoms with E-state index in [1.165, 1.54) is 6.26 Å². The van der Waals surface area contributed by atoms with E-state index in [4.69, 9.17) is 11.5 Å². The molecule has 1 aromatic carbocycles. The molecule has 0 aliphatic carbocycles. The third-order valence-corrected chi connectivity index (χ3v) is 3.76. The van der Waals surface area contributed by atoms with E-state index in [1.807, 2.05) is 23.1 Å². The van der Waals surface area contributed by atoms with Crippen LogP contribution in [0, 0.1) is 0 Å². The molecular weight excluding hydrogens is 278 g/mol. The monoisotopic (exact) mass is 299 g/mol. The SMILES string of the molecule is CS(=O)(=O)CCCN(CC(N)=O)Cc1cccc(N)c1. The summed E-state index contributed by atoms with van der Waals surface area (Å²) in [4.78, 5) is 12.9. The quantitative estimate of drug-likeness (QED) is 0.657. The Morgan fingerprint density at radius 1 is 1.35 bits per heavy atom. The maximum Gasteiger partial charge on any atom is 0.231 e. The molecule has 0 atom stereocenters. The first-order valence-electron chi connectivity index (χ1n) is 6.29. The van der Waals surface area contributed by atoms with E-state index in [9.17, 15) is 13.2 Å². The second-order valence-corrected chi connectivity index (χ2v) is 7.17. The summed E-state index contributed by atoms with van der Waals surface area (Å²) in [6.07, 6.45) is 1.66. The maximum atomic E-state index is 11.1. The van der Waals surface area contributed by atoms with Crippen LogP contribution in [0.15, 0.2) is 24.3 Å². The lowest BCUT2D eigenvalue weighted by Gasteiger charge is -2.20. The number of amides is 1. The first kappa shape index (κ1) is 16.5. The third-order valence-electron chi connectivity index (χ3n) is 2.73. The second kappa shape index (κ2) is 7.25. The highest BCUT2D eigenvalue weighted by molar-refractivity contribution is 7.90. The molecule has 20 heavy (non-hydrogen) atoms. The summed E-state index contributed by atoms with van der Waals surface area (Å²) >= 11 is 0. The van der Waals surface area contributed by atoms with Crippen molar-refractivity contribution >= 4 is 21.4 Å². The zero-order valence-corrected chi connectivity index (χ0v) is 12.4. The highest BCUT2D eigenvalue weighted by atomic mass is 32.2. The minimum atomic E-state index is -2.99. The molecule has 7 heteroatoms. The van der Waals surface area contributed by atoms with E-state index in [-0.39, 0.29) is 12.3 Å². The molecule has 0 aliphatic heterocycles. The highest BCUT2D eigenvalue weighted by Gasteiger charge is 2.11. The number of primary amides is 1. The molecule has 0 saturated heterocycles. The van der Waals surface area contributed by atoms with E-state index in [0.717, 1.165) is 5.56 Å². The molecule has 1 amide bonds. The number of carbonyl (C=O) groups excluding carboxylic acids is 1. The number of rotatable bonds is 8. The van der Waals surface area contributed by atoms with Crippen molar-refractivity contribution in [2.45, 2.75) is 13.0 Å². The van der Waals surface area contributed by atoms with Crippen molar-refractivity contribution in [2.24, 2.45) is 5.73 Å². The summed E-state index contributed by atoms with van der Waals surface area (Å²) < 4.78 is 22.2. The van der Waals surface area contributed by atoms with E-state index in [2.05, 4.69) is 0 Å². The van der Waals surface area contributed by atoms with Crippen LogP contribution in [0.1, 0.15) is 12.0 Å². The third kappa shape index (κ3) is 7.10. The van der Waals surface area contributed by atoms with Gasteiger partial charge in [0.2, 0.25) is 5.91 Å². The molecule has 112 valence electrons. The van der Waals surface area contributed by atoms with Crippen molar-refractivity contribution in [2.75, 3.05) is 30.8 Å². The highest BCUT2D eigenvalue weighted by Crippen LogP contribution is 2.10. The molecular formula is C13H21N3O3S. The summed E-state index contributed by atoms with van der Waals surface area (Å²) in [5.41, 5.74) is 12.5. The Morgan fingerprint density at radius 2 is 2.05 bits per heavy atom. The largest absolute Gasteiger partial charge is 0.399 e. The average molecular weight is 299 g/mol. The minimum Gasteiger partial charge on any atom is -0.399 e. The van der Waals surface area contributed by atoms with E-state index < -0.39 is 15.7 Å².